The number of carbonyl (C=O) groups is 1. The first-order valence-corrected chi connectivity index (χ1v) is 9.93. The summed E-state index contributed by atoms with van der Waals surface area (Å²) in [5, 5.41) is 0. The molecule has 3 rings (SSSR count). The van der Waals surface area contributed by atoms with Gasteiger partial charge >= 0.3 is 0 Å². The summed E-state index contributed by atoms with van der Waals surface area (Å²) in [4.78, 5) is 14.2. The molecule has 0 bridgehead atoms. The van der Waals surface area contributed by atoms with Crippen molar-refractivity contribution in [3.8, 4) is 0 Å². The number of nitrogens with zero attached hydrogens (tertiary/aromatic N) is 1. The normalized spacial score (nSPS) is 14.2. The molecule has 0 heterocycles. The Bertz CT molecular complexity index is 893. The minimum atomic E-state index is -3.62. The number of nitrogens with one attached hydrogen (secondary N) is 1. The quantitative estimate of drug-likeness (QED) is 0.808. The molecule has 0 aromatic heterocycles. The van der Waals surface area contributed by atoms with E-state index in [1.165, 1.54) is 29.2 Å². The zero-order valence-corrected chi connectivity index (χ0v) is 15.3. The van der Waals surface area contributed by atoms with Gasteiger partial charge in [0.1, 0.15) is 5.82 Å². The first-order valence-electron chi connectivity index (χ1n) is 8.45. The van der Waals surface area contributed by atoms with Crippen LogP contribution in [0, 0.1) is 11.7 Å². The second kappa shape index (κ2) is 7.55. The third kappa shape index (κ3) is 4.68. The van der Waals surface area contributed by atoms with Gasteiger partial charge in [0.25, 0.3) is 5.91 Å². The van der Waals surface area contributed by atoms with Crippen molar-refractivity contribution in [2.24, 2.45) is 5.92 Å². The fourth-order valence-corrected chi connectivity index (χ4v) is 3.75. The molecule has 1 aliphatic rings. The summed E-state index contributed by atoms with van der Waals surface area (Å²) in [6.07, 6.45) is 2.10. The van der Waals surface area contributed by atoms with Crippen molar-refractivity contribution in [2.75, 3.05) is 13.6 Å². The van der Waals surface area contributed by atoms with Gasteiger partial charge in [0.05, 0.1) is 4.90 Å². The van der Waals surface area contributed by atoms with Crippen LogP contribution in [0.5, 0.6) is 0 Å². The molecular formula is C19H21FN2O3S. The molecule has 0 spiro atoms. The second-order valence-corrected chi connectivity index (χ2v) is 8.38. The molecule has 1 aliphatic carbocycles. The molecule has 0 radical (unpaired) electrons. The van der Waals surface area contributed by atoms with E-state index in [2.05, 4.69) is 4.72 Å². The van der Waals surface area contributed by atoms with Crippen LogP contribution in [0.2, 0.25) is 0 Å². The molecule has 0 atom stereocenters. The summed E-state index contributed by atoms with van der Waals surface area (Å²) in [7, 11) is -2.00. The number of hydrogen-bond donors (Lipinski definition) is 1. The van der Waals surface area contributed by atoms with E-state index in [9.17, 15) is 17.6 Å². The molecule has 2 aromatic rings. The highest BCUT2D eigenvalue weighted by Crippen LogP contribution is 2.28. The molecule has 138 valence electrons. The number of amides is 1. The SMILES string of the molecule is CN(Cc1ccc(F)cc1)C(=O)c1cccc(S(=O)(=O)NCC2CC2)c1. The molecule has 1 amide bonds. The lowest BCUT2D eigenvalue weighted by molar-refractivity contribution is 0.0785. The summed E-state index contributed by atoms with van der Waals surface area (Å²) in [5.41, 5.74) is 1.08. The van der Waals surface area contributed by atoms with Crippen LogP contribution in [0.1, 0.15) is 28.8 Å². The fourth-order valence-electron chi connectivity index (χ4n) is 2.59. The van der Waals surface area contributed by atoms with Gasteiger partial charge in [0.15, 0.2) is 0 Å². The van der Waals surface area contributed by atoms with Gasteiger partial charge in [-0.2, -0.15) is 0 Å². The molecule has 5 nitrogen and oxygen atoms in total. The minimum absolute atomic E-state index is 0.0826. The molecule has 1 N–H and O–H groups in total. The van der Waals surface area contributed by atoms with Crippen molar-refractivity contribution in [3.05, 3.63) is 65.5 Å². The van der Waals surface area contributed by atoms with Gasteiger partial charge in [-0.05, 0) is 54.7 Å². The van der Waals surface area contributed by atoms with Crippen molar-refractivity contribution >= 4 is 15.9 Å². The summed E-state index contributed by atoms with van der Waals surface area (Å²) in [5.74, 6) is -0.204. The molecule has 0 saturated heterocycles. The molecule has 0 unspecified atom stereocenters. The van der Waals surface area contributed by atoms with Crippen molar-refractivity contribution < 1.29 is 17.6 Å². The Kier molecular flexibility index (Phi) is 5.38. The Morgan fingerprint density at radius 2 is 1.88 bits per heavy atom. The van der Waals surface area contributed by atoms with E-state index in [0.29, 0.717) is 24.6 Å². The predicted molar refractivity (Wildman–Crippen MR) is 96.6 cm³/mol. The highest BCUT2D eigenvalue weighted by atomic mass is 32.2. The third-order valence-electron chi connectivity index (χ3n) is 4.33. The first kappa shape index (κ1) is 18.5. The number of rotatable bonds is 7. The molecular weight excluding hydrogens is 355 g/mol. The first-order chi connectivity index (χ1) is 12.3. The Morgan fingerprint density at radius 3 is 2.54 bits per heavy atom. The van der Waals surface area contributed by atoms with E-state index in [4.69, 9.17) is 0 Å². The molecule has 7 heteroatoms. The summed E-state index contributed by atoms with van der Waals surface area (Å²) in [6, 6.07) is 11.9. The van der Waals surface area contributed by atoms with Crippen LogP contribution in [0.4, 0.5) is 4.39 Å². The highest BCUT2D eigenvalue weighted by molar-refractivity contribution is 7.89. The minimum Gasteiger partial charge on any atom is -0.337 e. The fraction of sp³-hybridized carbons (Fsp3) is 0.316. The van der Waals surface area contributed by atoms with Crippen LogP contribution >= 0.6 is 0 Å². The predicted octanol–water partition coefficient (Wildman–Crippen LogP) is 2.79. The van der Waals surface area contributed by atoms with Crippen LogP contribution in [0.3, 0.4) is 0 Å². The van der Waals surface area contributed by atoms with E-state index in [-0.39, 0.29) is 16.6 Å². The van der Waals surface area contributed by atoms with E-state index >= 15 is 0 Å². The zero-order chi connectivity index (χ0) is 18.7. The van der Waals surface area contributed by atoms with Gasteiger partial charge < -0.3 is 4.90 Å². The number of benzene rings is 2. The lowest BCUT2D eigenvalue weighted by Crippen LogP contribution is -2.28. The smallest absolute Gasteiger partial charge is 0.253 e. The maximum absolute atomic E-state index is 13.0. The van der Waals surface area contributed by atoms with Crippen LogP contribution in [-0.4, -0.2) is 32.8 Å². The topological polar surface area (TPSA) is 66.5 Å². The van der Waals surface area contributed by atoms with E-state index in [0.717, 1.165) is 18.4 Å². The highest BCUT2D eigenvalue weighted by Gasteiger charge is 2.25. The number of halogens is 1. The number of carbonyl (C=O) groups excluding carboxylic acids is 1. The maximum Gasteiger partial charge on any atom is 0.253 e. The van der Waals surface area contributed by atoms with Crippen molar-refractivity contribution in [1.82, 2.24) is 9.62 Å². The van der Waals surface area contributed by atoms with Gasteiger partial charge in [-0.3, -0.25) is 4.79 Å². The van der Waals surface area contributed by atoms with Gasteiger partial charge in [0.2, 0.25) is 10.0 Å². The van der Waals surface area contributed by atoms with E-state index in [1.54, 1.807) is 31.3 Å². The summed E-state index contributed by atoms with van der Waals surface area (Å²) < 4.78 is 40.3. The lowest BCUT2D eigenvalue weighted by atomic mass is 10.1. The van der Waals surface area contributed by atoms with Crippen molar-refractivity contribution in [3.63, 3.8) is 0 Å². The van der Waals surface area contributed by atoms with E-state index < -0.39 is 10.0 Å². The molecule has 1 saturated carbocycles. The van der Waals surface area contributed by atoms with Gasteiger partial charge in [0, 0.05) is 25.7 Å². The van der Waals surface area contributed by atoms with Gasteiger partial charge in [-0.25, -0.2) is 17.5 Å². The van der Waals surface area contributed by atoms with E-state index in [1.807, 2.05) is 0 Å². The third-order valence-corrected chi connectivity index (χ3v) is 5.75. The maximum atomic E-state index is 13.0. The monoisotopic (exact) mass is 376 g/mol. The van der Waals surface area contributed by atoms with Crippen LogP contribution in [0.15, 0.2) is 53.4 Å². The summed E-state index contributed by atoms with van der Waals surface area (Å²) >= 11 is 0. The number of sulfonamides is 1. The Morgan fingerprint density at radius 1 is 1.19 bits per heavy atom. The second-order valence-electron chi connectivity index (χ2n) is 6.61. The van der Waals surface area contributed by atoms with Crippen molar-refractivity contribution in [1.29, 1.82) is 0 Å². The standard InChI is InChI=1S/C19H21FN2O3S/c1-22(13-15-7-9-17(20)10-8-15)19(23)16-3-2-4-18(11-16)26(24,25)21-12-14-5-6-14/h2-4,7-11,14,21H,5-6,12-13H2,1H3. The number of hydrogen-bond acceptors (Lipinski definition) is 3. The average molecular weight is 376 g/mol. The van der Waals surface area contributed by atoms with Crippen LogP contribution in [-0.2, 0) is 16.6 Å². The lowest BCUT2D eigenvalue weighted by Gasteiger charge is -2.18. The van der Waals surface area contributed by atoms with Crippen LogP contribution in [0.25, 0.3) is 0 Å². The summed E-state index contributed by atoms with van der Waals surface area (Å²) in [6.45, 7) is 0.737. The molecule has 0 aliphatic heterocycles. The van der Waals surface area contributed by atoms with Crippen molar-refractivity contribution in [2.45, 2.75) is 24.3 Å². The Balaban J connectivity index is 1.71. The van der Waals surface area contributed by atoms with Gasteiger partial charge in [-0.1, -0.05) is 18.2 Å². The average Bonchev–Trinajstić information content (AvgIpc) is 3.46. The largest absolute Gasteiger partial charge is 0.337 e. The Labute approximate surface area is 152 Å². The van der Waals surface area contributed by atoms with Crippen LogP contribution < -0.4 is 4.72 Å². The molecule has 2 aromatic carbocycles. The van der Waals surface area contributed by atoms with Gasteiger partial charge in [-0.15, -0.1) is 0 Å². The molecule has 1 fully saturated rings. The zero-order valence-electron chi connectivity index (χ0n) is 14.5. The molecule has 26 heavy (non-hydrogen) atoms. The Hall–Kier alpha value is -2.25.